The van der Waals surface area contributed by atoms with E-state index in [1.807, 2.05) is 22.7 Å². The molecule has 0 fully saturated rings. The Balaban J connectivity index is 0.717. The molecule has 0 spiro atoms. The molecular weight excluding hydrogens is 1130 g/mol. The van der Waals surface area contributed by atoms with E-state index in [4.69, 9.17) is 0 Å². The molecule has 436 valence electrons. The van der Waals surface area contributed by atoms with Gasteiger partial charge in [-0.1, -0.05) is 190 Å². The normalized spacial score (nSPS) is 14.8. The first-order valence-corrected chi connectivity index (χ1v) is 33.9. The van der Waals surface area contributed by atoms with Crippen LogP contribution in [0.15, 0.2) is 218 Å². The van der Waals surface area contributed by atoms with Gasteiger partial charge < -0.3 is 9.13 Å². The van der Waals surface area contributed by atoms with Gasteiger partial charge in [-0.15, -0.1) is 22.7 Å². The van der Waals surface area contributed by atoms with Crippen LogP contribution in [-0.4, -0.2) is 9.13 Å². The fraction of sp³-hybridized carbons (Fsp3) is 0.186. The fourth-order valence-corrected chi connectivity index (χ4v) is 18.5. The average Bonchev–Trinajstić information content (AvgIpc) is 1.50. The van der Waals surface area contributed by atoms with Crippen molar-refractivity contribution in [3.05, 3.63) is 268 Å². The summed E-state index contributed by atoms with van der Waals surface area (Å²) in [5.74, 6) is 0. The summed E-state index contributed by atoms with van der Waals surface area (Å²) in [7, 11) is 0. The zero-order valence-corrected chi connectivity index (χ0v) is 54.3. The van der Waals surface area contributed by atoms with Crippen LogP contribution in [0.1, 0.15) is 118 Å². The summed E-state index contributed by atoms with van der Waals surface area (Å²) in [6.07, 6.45) is 7.80. The zero-order valence-electron chi connectivity index (χ0n) is 52.7. The Morgan fingerprint density at radius 1 is 0.389 bits per heavy atom. The van der Waals surface area contributed by atoms with Crippen LogP contribution in [0.5, 0.6) is 0 Å². The standard InChI is InChI=1S/C86H70N2S2/c1-83(2,3)59-31-23-52(24-32-59)57-45-67-63-41-53(27-36-73(63)87-75-19-13-12-18-69(75)85(6,7)71(47-57)81(67)87)51-25-33-60(34-26-51)84(4,5)49-50-22-35-76-70(40-50)86(8,9)72-48-58(56-30-39-80-66(44-56)62-17-11-15-21-78(62)90-80)46-68-64-42-54(28-37-74(64)88(76)82(68)72)55-29-38-79-65(43-55)61-16-10-14-20-77(61)89-79/h10,12-16,18-48H,11,17,49H2,1-9H3. The summed E-state index contributed by atoms with van der Waals surface area (Å²) in [5.41, 5.74) is 28.3. The smallest absolute Gasteiger partial charge is 0.0582 e. The van der Waals surface area contributed by atoms with Crippen LogP contribution in [0.25, 0.3) is 136 Å². The third kappa shape index (κ3) is 7.93. The molecule has 2 nitrogen and oxygen atoms in total. The summed E-state index contributed by atoms with van der Waals surface area (Å²) in [4.78, 5) is 1.42. The molecule has 1 aliphatic carbocycles. The van der Waals surface area contributed by atoms with Crippen LogP contribution in [-0.2, 0) is 34.5 Å². The summed E-state index contributed by atoms with van der Waals surface area (Å²) in [5, 5.41) is 9.29. The number of thiophene rings is 2. The predicted molar refractivity (Wildman–Crippen MR) is 389 cm³/mol. The van der Waals surface area contributed by atoms with Gasteiger partial charge in [-0.25, -0.2) is 0 Å². The highest BCUT2D eigenvalue weighted by Gasteiger charge is 2.38. The van der Waals surface area contributed by atoms with Crippen molar-refractivity contribution in [2.45, 2.75) is 103 Å². The predicted octanol–water partition coefficient (Wildman–Crippen LogP) is 24.2. The van der Waals surface area contributed by atoms with E-state index in [2.05, 4.69) is 296 Å². The second kappa shape index (κ2) is 19.0. The minimum Gasteiger partial charge on any atom is -0.309 e. The summed E-state index contributed by atoms with van der Waals surface area (Å²) >= 11 is 3.82. The van der Waals surface area contributed by atoms with Crippen LogP contribution in [0.2, 0.25) is 0 Å². The van der Waals surface area contributed by atoms with Gasteiger partial charge in [0.05, 0.1) is 33.4 Å². The van der Waals surface area contributed by atoms with Gasteiger partial charge in [0, 0.05) is 62.1 Å². The molecule has 11 aromatic carbocycles. The monoisotopic (exact) mass is 1190 g/mol. The fourth-order valence-electron chi connectivity index (χ4n) is 16.3. The number of hydrogen-bond donors (Lipinski definition) is 0. The lowest BCUT2D eigenvalue weighted by atomic mass is 9.72. The highest BCUT2D eigenvalue weighted by atomic mass is 32.1. The molecule has 6 heterocycles. The summed E-state index contributed by atoms with van der Waals surface area (Å²) < 4.78 is 9.20. The molecule has 0 unspecified atom stereocenters. The Kier molecular flexibility index (Phi) is 11.4. The molecule has 4 heteroatoms. The highest BCUT2D eigenvalue weighted by molar-refractivity contribution is 7.25. The van der Waals surface area contributed by atoms with Gasteiger partial charge in [-0.3, -0.25) is 0 Å². The van der Waals surface area contributed by atoms with Gasteiger partial charge in [-0.2, -0.15) is 0 Å². The van der Waals surface area contributed by atoms with E-state index in [1.165, 1.54) is 179 Å². The van der Waals surface area contributed by atoms with Crippen LogP contribution >= 0.6 is 22.7 Å². The number of hydrogen-bond acceptors (Lipinski definition) is 2. The van der Waals surface area contributed by atoms with E-state index < -0.39 is 0 Å². The first kappa shape index (κ1) is 53.9. The Labute approximate surface area is 535 Å². The second-order valence-corrected chi connectivity index (χ2v) is 31.1. The molecule has 90 heavy (non-hydrogen) atoms. The quantitative estimate of drug-likeness (QED) is 0.151. The average molecular weight is 1200 g/mol. The minimum atomic E-state index is -0.286. The maximum absolute atomic E-state index is 2.61. The molecule has 15 aromatic rings. The molecule has 0 bridgehead atoms. The van der Waals surface area contributed by atoms with Gasteiger partial charge in [0.25, 0.3) is 0 Å². The lowest BCUT2D eigenvalue weighted by Crippen LogP contribution is -2.27. The van der Waals surface area contributed by atoms with E-state index in [-0.39, 0.29) is 21.7 Å². The van der Waals surface area contributed by atoms with Crippen molar-refractivity contribution in [1.29, 1.82) is 0 Å². The number of allylic oxidation sites excluding steroid dienone is 1. The molecule has 2 aliphatic heterocycles. The molecule has 0 atom stereocenters. The maximum Gasteiger partial charge on any atom is 0.0582 e. The lowest BCUT2D eigenvalue weighted by molar-refractivity contribution is 0.521. The minimum absolute atomic E-state index is 0.0926. The second-order valence-electron chi connectivity index (χ2n) is 29.0. The summed E-state index contributed by atoms with van der Waals surface area (Å²) in [6, 6.07) is 82.8. The van der Waals surface area contributed by atoms with Gasteiger partial charge >= 0.3 is 0 Å². The number of aryl methyl sites for hydroxylation is 1. The highest BCUT2D eigenvalue weighted by Crippen LogP contribution is 2.53. The molecule has 3 aliphatic rings. The number of nitrogens with zero attached hydrogens (tertiary/aromatic N) is 2. The van der Waals surface area contributed by atoms with Crippen LogP contribution in [0, 0.1) is 0 Å². The van der Waals surface area contributed by atoms with Gasteiger partial charge in [0.1, 0.15) is 0 Å². The number of aromatic nitrogens is 2. The summed E-state index contributed by atoms with van der Waals surface area (Å²) in [6.45, 7) is 21.5. The van der Waals surface area contributed by atoms with Gasteiger partial charge in [0.2, 0.25) is 0 Å². The van der Waals surface area contributed by atoms with E-state index in [1.54, 1.807) is 0 Å². The van der Waals surface area contributed by atoms with Crippen LogP contribution in [0.3, 0.4) is 0 Å². The van der Waals surface area contributed by atoms with Gasteiger partial charge in [-0.05, 0) is 222 Å². The number of fused-ring (bicyclic) bond motifs is 16. The molecular formula is C86H70N2S2. The van der Waals surface area contributed by atoms with E-state index in [0.717, 1.165) is 19.3 Å². The Morgan fingerprint density at radius 2 is 0.889 bits per heavy atom. The third-order valence-corrected chi connectivity index (χ3v) is 23.6. The molecule has 18 rings (SSSR count). The third-order valence-electron chi connectivity index (χ3n) is 21.3. The van der Waals surface area contributed by atoms with Crippen molar-refractivity contribution in [2.75, 3.05) is 0 Å². The zero-order chi connectivity index (χ0) is 60.9. The number of para-hydroxylation sites is 1. The van der Waals surface area contributed by atoms with E-state index >= 15 is 0 Å². The van der Waals surface area contributed by atoms with Crippen molar-refractivity contribution < 1.29 is 0 Å². The largest absolute Gasteiger partial charge is 0.309 e. The Morgan fingerprint density at radius 3 is 1.57 bits per heavy atom. The first-order chi connectivity index (χ1) is 43.4. The maximum atomic E-state index is 2.61. The number of benzene rings is 11. The van der Waals surface area contributed by atoms with Crippen LogP contribution < -0.4 is 0 Å². The van der Waals surface area contributed by atoms with Crippen molar-refractivity contribution in [3.8, 4) is 55.9 Å². The lowest BCUT2D eigenvalue weighted by Gasteiger charge is -2.36. The first-order valence-electron chi connectivity index (χ1n) is 32.3. The van der Waals surface area contributed by atoms with Crippen molar-refractivity contribution in [1.82, 2.24) is 9.13 Å². The SMILES string of the molecule is CC(C)(C)c1ccc(-c2cc3c4c(c2)c2cc(-c5ccc(C(C)(C)Cc6ccc7c(c6)C(C)(C)c6cc(-c8ccc9sc%10c(c9c8)CCC=C%10)cc8c9cc(-c%10ccc%11sc%12ccccc%12c%11c%10)ccc9n-7c68)cc5)ccc2n4-c2ccccc2C3(C)C)cc1. The van der Waals surface area contributed by atoms with Crippen molar-refractivity contribution in [2.24, 2.45) is 0 Å². The Hall–Kier alpha value is -9.06. The molecule has 0 N–H and O–H groups in total. The van der Waals surface area contributed by atoms with Crippen molar-refractivity contribution >= 4 is 103 Å². The number of rotatable bonds is 7. The van der Waals surface area contributed by atoms with Gasteiger partial charge in [0.15, 0.2) is 0 Å². The topological polar surface area (TPSA) is 9.86 Å². The molecule has 0 amide bonds. The molecule has 0 saturated heterocycles. The molecule has 0 radical (unpaired) electrons. The molecule has 4 aromatic heterocycles. The van der Waals surface area contributed by atoms with E-state index in [0.29, 0.717) is 0 Å². The van der Waals surface area contributed by atoms with E-state index in [9.17, 15) is 0 Å². The van der Waals surface area contributed by atoms with Crippen molar-refractivity contribution in [3.63, 3.8) is 0 Å². The Bertz CT molecular complexity index is 5620. The molecule has 0 saturated carbocycles. The van der Waals surface area contributed by atoms with Crippen LogP contribution in [0.4, 0.5) is 0 Å².